The molecule has 2 N–H and O–H groups in total. The average molecular weight is 240 g/mol. The summed E-state index contributed by atoms with van der Waals surface area (Å²) in [5.41, 5.74) is -0.473. The molecule has 2 aliphatic rings. The number of hydrogen-bond acceptors (Lipinski definition) is 3. The van der Waals surface area contributed by atoms with Crippen molar-refractivity contribution in [1.82, 2.24) is 10.2 Å². The Hall–Kier alpha value is -0.120. The predicted octanol–water partition coefficient (Wildman–Crippen LogP) is 1.47. The summed E-state index contributed by atoms with van der Waals surface area (Å²) in [5, 5.41) is 14.0. The monoisotopic (exact) mass is 240 g/mol. The summed E-state index contributed by atoms with van der Waals surface area (Å²) in [4.78, 5) is 2.56. The van der Waals surface area contributed by atoms with E-state index in [1.54, 1.807) is 0 Å². The highest BCUT2D eigenvalue weighted by Gasteiger charge is 2.44. The first-order valence-electron chi connectivity index (χ1n) is 7.30. The zero-order chi connectivity index (χ0) is 12.5. The van der Waals surface area contributed by atoms with Gasteiger partial charge in [-0.15, -0.1) is 0 Å². The Labute approximate surface area is 106 Å². The van der Waals surface area contributed by atoms with Crippen LogP contribution in [-0.2, 0) is 0 Å². The molecule has 3 atom stereocenters. The van der Waals surface area contributed by atoms with Gasteiger partial charge in [0.25, 0.3) is 0 Å². The van der Waals surface area contributed by atoms with Gasteiger partial charge in [-0.1, -0.05) is 20.8 Å². The van der Waals surface area contributed by atoms with Crippen LogP contribution < -0.4 is 5.32 Å². The van der Waals surface area contributed by atoms with Crippen LogP contribution in [0.3, 0.4) is 0 Å². The molecule has 0 bridgehead atoms. The molecule has 0 spiro atoms. The van der Waals surface area contributed by atoms with E-state index in [4.69, 9.17) is 0 Å². The molecule has 2 aliphatic heterocycles. The molecule has 3 heteroatoms. The fraction of sp³-hybridized carbons (Fsp3) is 1.00. The molecule has 0 aromatic heterocycles. The number of nitrogens with one attached hydrogen (secondary N) is 1. The first-order valence-corrected chi connectivity index (χ1v) is 7.30. The van der Waals surface area contributed by atoms with Crippen molar-refractivity contribution in [2.24, 2.45) is 11.8 Å². The van der Waals surface area contributed by atoms with Crippen molar-refractivity contribution in [2.45, 2.75) is 51.7 Å². The van der Waals surface area contributed by atoms with Gasteiger partial charge in [-0.2, -0.15) is 0 Å². The van der Waals surface area contributed by atoms with Crippen LogP contribution in [0.4, 0.5) is 0 Å². The predicted molar refractivity (Wildman–Crippen MR) is 71.0 cm³/mol. The highest BCUT2D eigenvalue weighted by Crippen LogP contribution is 2.35. The van der Waals surface area contributed by atoms with Crippen LogP contribution in [0.1, 0.15) is 40.0 Å². The van der Waals surface area contributed by atoms with Crippen molar-refractivity contribution >= 4 is 0 Å². The SMILES string of the molecule is CCC1C2CNCC2CN1CC(O)(CC)CC. The zero-order valence-electron chi connectivity index (χ0n) is 11.6. The van der Waals surface area contributed by atoms with Crippen molar-refractivity contribution in [3.8, 4) is 0 Å². The number of fused-ring (bicyclic) bond motifs is 1. The van der Waals surface area contributed by atoms with Gasteiger partial charge in [0.1, 0.15) is 0 Å². The Morgan fingerprint density at radius 3 is 2.53 bits per heavy atom. The summed E-state index contributed by atoms with van der Waals surface area (Å²) in [6.45, 7) is 10.9. The fourth-order valence-corrected chi connectivity index (χ4v) is 3.71. The minimum absolute atomic E-state index is 0.473. The van der Waals surface area contributed by atoms with Crippen LogP contribution in [0, 0.1) is 11.8 Å². The van der Waals surface area contributed by atoms with Crippen LogP contribution in [-0.4, -0.2) is 47.8 Å². The number of rotatable bonds is 5. The molecule has 100 valence electrons. The molecule has 2 saturated heterocycles. The minimum atomic E-state index is -0.473. The Morgan fingerprint density at radius 1 is 1.24 bits per heavy atom. The van der Waals surface area contributed by atoms with Crippen LogP contribution in [0.2, 0.25) is 0 Å². The molecular weight excluding hydrogens is 212 g/mol. The number of likely N-dealkylation sites (tertiary alicyclic amines) is 1. The lowest BCUT2D eigenvalue weighted by Gasteiger charge is -2.35. The Bertz CT molecular complexity index is 253. The van der Waals surface area contributed by atoms with Crippen molar-refractivity contribution in [2.75, 3.05) is 26.2 Å². The summed E-state index contributed by atoms with van der Waals surface area (Å²) in [6, 6.07) is 0.680. The van der Waals surface area contributed by atoms with Crippen molar-refractivity contribution in [3.05, 3.63) is 0 Å². The summed E-state index contributed by atoms with van der Waals surface area (Å²) in [5.74, 6) is 1.64. The second-order valence-corrected chi connectivity index (χ2v) is 5.92. The minimum Gasteiger partial charge on any atom is -0.389 e. The summed E-state index contributed by atoms with van der Waals surface area (Å²) >= 11 is 0. The van der Waals surface area contributed by atoms with Gasteiger partial charge >= 0.3 is 0 Å². The zero-order valence-corrected chi connectivity index (χ0v) is 11.6. The van der Waals surface area contributed by atoms with E-state index in [2.05, 4.69) is 31.0 Å². The third kappa shape index (κ3) is 2.51. The van der Waals surface area contributed by atoms with Crippen molar-refractivity contribution in [3.63, 3.8) is 0 Å². The van der Waals surface area contributed by atoms with E-state index in [-0.39, 0.29) is 0 Å². The van der Waals surface area contributed by atoms with Crippen molar-refractivity contribution in [1.29, 1.82) is 0 Å². The molecule has 0 aliphatic carbocycles. The first kappa shape index (κ1) is 13.3. The molecule has 17 heavy (non-hydrogen) atoms. The second-order valence-electron chi connectivity index (χ2n) is 5.92. The van der Waals surface area contributed by atoms with Gasteiger partial charge in [-0.3, -0.25) is 4.90 Å². The van der Waals surface area contributed by atoms with Gasteiger partial charge in [0.15, 0.2) is 0 Å². The number of hydrogen-bond donors (Lipinski definition) is 2. The molecule has 0 aromatic rings. The molecular formula is C14H28N2O. The molecule has 2 heterocycles. The van der Waals surface area contributed by atoms with Gasteiger partial charge in [0.05, 0.1) is 5.60 Å². The Balaban J connectivity index is 2.01. The first-order chi connectivity index (χ1) is 8.13. The average Bonchev–Trinajstić information content (AvgIpc) is 2.88. The van der Waals surface area contributed by atoms with E-state index in [1.807, 2.05) is 0 Å². The lowest BCUT2D eigenvalue weighted by atomic mass is 9.92. The molecule has 0 amide bonds. The molecule has 0 aromatic carbocycles. The standard InChI is InChI=1S/C14H28N2O/c1-4-13-12-8-15-7-11(12)9-16(13)10-14(17,5-2)6-3/h11-13,15,17H,4-10H2,1-3H3. The Kier molecular flexibility index (Phi) is 4.11. The van der Waals surface area contributed by atoms with Gasteiger partial charge in [0, 0.05) is 19.1 Å². The van der Waals surface area contributed by atoms with Gasteiger partial charge < -0.3 is 10.4 Å². The maximum Gasteiger partial charge on any atom is 0.0769 e. The summed E-state index contributed by atoms with van der Waals surface area (Å²) in [6.07, 6.45) is 2.94. The highest BCUT2D eigenvalue weighted by molar-refractivity contribution is 4.99. The quantitative estimate of drug-likeness (QED) is 0.764. The largest absolute Gasteiger partial charge is 0.389 e. The molecule has 0 radical (unpaired) electrons. The maximum atomic E-state index is 10.5. The Morgan fingerprint density at radius 2 is 1.94 bits per heavy atom. The molecule has 2 fully saturated rings. The molecule has 0 saturated carbocycles. The van der Waals surface area contributed by atoms with Crippen LogP contribution >= 0.6 is 0 Å². The van der Waals surface area contributed by atoms with Crippen LogP contribution in [0.5, 0.6) is 0 Å². The van der Waals surface area contributed by atoms with Gasteiger partial charge in [-0.25, -0.2) is 0 Å². The summed E-state index contributed by atoms with van der Waals surface area (Å²) < 4.78 is 0. The normalized spacial score (nSPS) is 34.2. The van der Waals surface area contributed by atoms with Crippen molar-refractivity contribution < 1.29 is 5.11 Å². The number of aliphatic hydroxyl groups is 1. The van der Waals surface area contributed by atoms with E-state index >= 15 is 0 Å². The van der Waals surface area contributed by atoms with E-state index in [9.17, 15) is 5.11 Å². The van der Waals surface area contributed by atoms with Gasteiger partial charge in [-0.05, 0) is 44.2 Å². The molecule has 2 rings (SSSR count). The fourth-order valence-electron chi connectivity index (χ4n) is 3.71. The van der Waals surface area contributed by atoms with Gasteiger partial charge in [0.2, 0.25) is 0 Å². The van der Waals surface area contributed by atoms with E-state index < -0.39 is 5.60 Å². The third-order valence-electron chi connectivity index (χ3n) is 5.06. The topological polar surface area (TPSA) is 35.5 Å². The highest BCUT2D eigenvalue weighted by atomic mass is 16.3. The van der Waals surface area contributed by atoms with Crippen LogP contribution in [0.15, 0.2) is 0 Å². The molecule has 3 nitrogen and oxygen atoms in total. The smallest absolute Gasteiger partial charge is 0.0769 e. The lowest BCUT2D eigenvalue weighted by molar-refractivity contribution is -0.00987. The number of nitrogens with zero attached hydrogens (tertiary/aromatic N) is 1. The maximum absolute atomic E-state index is 10.5. The summed E-state index contributed by atoms with van der Waals surface area (Å²) in [7, 11) is 0. The second kappa shape index (κ2) is 5.25. The lowest BCUT2D eigenvalue weighted by Crippen LogP contribution is -2.46. The van der Waals surface area contributed by atoms with Crippen LogP contribution in [0.25, 0.3) is 0 Å². The van der Waals surface area contributed by atoms with E-state index in [0.717, 1.165) is 31.2 Å². The number of β-amino-alcohol motifs (C(OH)–C–C–N with tert-alkyl or cyclic N) is 1. The third-order valence-corrected chi connectivity index (χ3v) is 5.06. The van der Waals surface area contributed by atoms with E-state index in [1.165, 1.54) is 26.1 Å². The molecule has 3 unspecified atom stereocenters. The van der Waals surface area contributed by atoms with E-state index in [0.29, 0.717) is 6.04 Å².